The Morgan fingerprint density at radius 1 is 1.10 bits per heavy atom. The lowest BCUT2D eigenvalue weighted by atomic mass is 10.2. The average Bonchev–Trinajstić information content (AvgIpc) is 2.40. The summed E-state index contributed by atoms with van der Waals surface area (Å²) < 4.78 is 5.76. The number of hydrogen-bond donors (Lipinski definition) is 1. The van der Waals surface area contributed by atoms with E-state index in [9.17, 15) is 0 Å². The van der Waals surface area contributed by atoms with Gasteiger partial charge >= 0.3 is 0 Å². The van der Waals surface area contributed by atoms with E-state index in [0.29, 0.717) is 12.0 Å². The van der Waals surface area contributed by atoms with Gasteiger partial charge in [0, 0.05) is 19.1 Å². The Morgan fingerprint density at radius 2 is 1.75 bits per heavy atom. The van der Waals surface area contributed by atoms with Crippen LogP contribution in [0.4, 0.5) is 0 Å². The van der Waals surface area contributed by atoms with Crippen LogP contribution in [-0.4, -0.2) is 37.7 Å². The predicted octanol–water partition coefficient (Wildman–Crippen LogP) is 3.15. The number of likely N-dealkylation sites (N-methyl/N-ethyl adjacent to an activating group) is 1. The van der Waals surface area contributed by atoms with Gasteiger partial charge in [-0.3, -0.25) is 0 Å². The molecule has 1 aromatic carbocycles. The van der Waals surface area contributed by atoms with Crippen LogP contribution in [0.1, 0.15) is 33.3 Å². The van der Waals surface area contributed by atoms with Crippen LogP contribution in [0, 0.1) is 5.92 Å². The monoisotopic (exact) mass is 278 g/mol. The first kappa shape index (κ1) is 17.0. The van der Waals surface area contributed by atoms with Gasteiger partial charge in [0.2, 0.25) is 0 Å². The number of rotatable bonds is 9. The minimum Gasteiger partial charge on any atom is -0.492 e. The Labute approximate surface area is 124 Å². The molecule has 0 spiro atoms. The van der Waals surface area contributed by atoms with Crippen LogP contribution >= 0.6 is 0 Å². The predicted molar refractivity (Wildman–Crippen MR) is 86.2 cm³/mol. The van der Waals surface area contributed by atoms with Crippen LogP contribution < -0.4 is 10.1 Å². The van der Waals surface area contributed by atoms with Gasteiger partial charge in [-0.15, -0.1) is 0 Å². The molecule has 0 aromatic heterocycles. The lowest BCUT2D eigenvalue weighted by Crippen LogP contribution is -2.30. The molecule has 0 radical (unpaired) electrons. The molecular weight excluding hydrogens is 248 g/mol. The highest BCUT2D eigenvalue weighted by atomic mass is 16.5. The van der Waals surface area contributed by atoms with Crippen molar-refractivity contribution in [3.8, 4) is 5.75 Å². The van der Waals surface area contributed by atoms with E-state index in [1.807, 2.05) is 0 Å². The van der Waals surface area contributed by atoms with E-state index in [2.05, 4.69) is 69.2 Å². The molecule has 3 nitrogen and oxygen atoms in total. The van der Waals surface area contributed by atoms with E-state index in [0.717, 1.165) is 32.0 Å². The molecule has 0 saturated heterocycles. The Balaban J connectivity index is 2.28. The fourth-order valence-corrected chi connectivity index (χ4v) is 1.77. The molecule has 0 bridgehead atoms. The van der Waals surface area contributed by atoms with Crippen LogP contribution in [0.3, 0.4) is 0 Å². The molecule has 1 N–H and O–H groups in total. The maximum atomic E-state index is 5.76. The first-order chi connectivity index (χ1) is 9.49. The number of ether oxygens (including phenoxy) is 1. The standard InChI is InChI=1S/C17H30N2O/c1-14(2)12-18-13-16-6-8-17(9-7-16)20-11-10-19(5)15(3)4/h6-9,14-15,18H,10-13H2,1-5H3. The van der Waals surface area contributed by atoms with Gasteiger partial charge in [0.05, 0.1) is 0 Å². The van der Waals surface area contributed by atoms with E-state index in [-0.39, 0.29) is 0 Å². The number of hydrogen-bond acceptors (Lipinski definition) is 3. The van der Waals surface area contributed by atoms with Crippen LogP contribution in [0.2, 0.25) is 0 Å². The summed E-state index contributed by atoms with van der Waals surface area (Å²) in [7, 11) is 2.12. The van der Waals surface area contributed by atoms with Gasteiger partial charge in [-0.2, -0.15) is 0 Å². The summed E-state index contributed by atoms with van der Waals surface area (Å²) in [5, 5.41) is 3.44. The van der Waals surface area contributed by atoms with E-state index in [1.54, 1.807) is 0 Å². The van der Waals surface area contributed by atoms with E-state index in [4.69, 9.17) is 4.74 Å². The summed E-state index contributed by atoms with van der Waals surface area (Å²) in [6.45, 7) is 12.5. The van der Waals surface area contributed by atoms with Crippen LogP contribution in [-0.2, 0) is 6.54 Å². The number of benzene rings is 1. The number of nitrogens with zero attached hydrogens (tertiary/aromatic N) is 1. The second-order valence-electron chi connectivity index (χ2n) is 6.09. The normalized spacial score (nSPS) is 11.6. The van der Waals surface area contributed by atoms with Crippen molar-refractivity contribution < 1.29 is 4.74 Å². The minimum atomic E-state index is 0.563. The van der Waals surface area contributed by atoms with Gasteiger partial charge in [0.25, 0.3) is 0 Å². The molecule has 0 aliphatic carbocycles. The highest BCUT2D eigenvalue weighted by Crippen LogP contribution is 2.12. The van der Waals surface area contributed by atoms with Crippen LogP contribution in [0.25, 0.3) is 0 Å². The summed E-state index contributed by atoms with van der Waals surface area (Å²) in [6, 6.07) is 8.95. The SMILES string of the molecule is CC(C)CNCc1ccc(OCCN(C)C(C)C)cc1. The largest absolute Gasteiger partial charge is 0.492 e. The summed E-state index contributed by atoms with van der Waals surface area (Å²) in [6.07, 6.45) is 0. The Morgan fingerprint density at radius 3 is 2.30 bits per heavy atom. The van der Waals surface area contributed by atoms with Crippen molar-refractivity contribution in [2.75, 3.05) is 26.7 Å². The second-order valence-corrected chi connectivity index (χ2v) is 6.09. The van der Waals surface area contributed by atoms with Crippen LogP contribution in [0.15, 0.2) is 24.3 Å². The molecule has 0 saturated carbocycles. The smallest absolute Gasteiger partial charge is 0.119 e. The first-order valence-corrected chi connectivity index (χ1v) is 7.61. The molecule has 20 heavy (non-hydrogen) atoms. The highest BCUT2D eigenvalue weighted by Gasteiger charge is 2.03. The van der Waals surface area contributed by atoms with E-state index >= 15 is 0 Å². The Bertz CT molecular complexity index is 360. The van der Waals surface area contributed by atoms with Crippen molar-refractivity contribution in [3.05, 3.63) is 29.8 Å². The molecule has 1 aromatic rings. The first-order valence-electron chi connectivity index (χ1n) is 7.61. The topological polar surface area (TPSA) is 24.5 Å². The zero-order valence-electron chi connectivity index (χ0n) is 13.6. The number of nitrogens with one attached hydrogen (secondary N) is 1. The van der Waals surface area contributed by atoms with Gasteiger partial charge in [0.1, 0.15) is 12.4 Å². The van der Waals surface area contributed by atoms with Crippen molar-refractivity contribution in [1.29, 1.82) is 0 Å². The van der Waals surface area contributed by atoms with Gasteiger partial charge < -0.3 is 15.0 Å². The van der Waals surface area contributed by atoms with Crippen LogP contribution in [0.5, 0.6) is 5.75 Å². The summed E-state index contributed by atoms with van der Waals surface area (Å²) in [5.41, 5.74) is 1.30. The minimum absolute atomic E-state index is 0.563. The van der Waals surface area contributed by atoms with Crippen molar-refractivity contribution >= 4 is 0 Å². The van der Waals surface area contributed by atoms with Gasteiger partial charge in [0.15, 0.2) is 0 Å². The fourth-order valence-electron chi connectivity index (χ4n) is 1.77. The quantitative estimate of drug-likeness (QED) is 0.751. The molecule has 3 heteroatoms. The molecule has 0 aliphatic heterocycles. The zero-order valence-corrected chi connectivity index (χ0v) is 13.6. The fraction of sp³-hybridized carbons (Fsp3) is 0.647. The maximum absolute atomic E-state index is 5.76. The highest BCUT2D eigenvalue weighted by molar-refractivity contribution is 5.27. The van der Waals surface area contributed by atoms with Crippen molar-refractivity contribution in [2.24, 2.45) is 5.92 Å². The third-order valence-corrected chi connectivity index (χ3v) is 3.40. The van der Waals surface area contributed by atoms with Crippen molar-refractivity contribution in [2.45, 2.75) is 40.3 Å². The molecule has 0 atom stereocenters. The van der Waals surface area contributed by atoms with Crippen molar-refractivity contribution in [3.63, 3.8) is 0 Å². The lowest BCUT2D eigenvalue weighted by molar-refractivity contribution is 0.208. The van der Waals surface area contributed by atoms with Gasteiger partial charge in [-0.05, 0) is 51.1 Å². The van der Waals surface area contributed by atoms with E-state index < -0.39 is 0 Å². The summed E-state index contributed by atoms with van der Waals surface area (Å²) in [5.74, 6) is 1.64. The summed E-state index contributed by atoms with van der Waals surface area (Å²) in [4.78, 5) is 2.28. The maximum Gasteiger partial charge on any atom is 0.119 e. The van der Waals surface area contributed by atoms with Gasteiger partial charge in [-0.25, -0.2) is 0 Å². The molecule has 0 unspecified atom stereocenters. The summed E-state index contributed by atoms with van der Waals surface area (Å²) >= 11 is 0. The molecule has 1 rings (SSSR count). The molecule has 0 amide bonds. The molecule has 0 aliphatic rings. The third kappa shape index (κ3) is 6.92. The van der Waals surface area contributed by atoms with Crippen molar-refractivity contribution in [1.82, 2.24) is 10.2 Å². The molecule has 0 heterocycles. The molecule has 114 valence electrons. The third-order valence-electron chi connectivity index (χ3n) is 3.40. The van der Waals surface area contributed by atoms with E-state index in [1.165, 1.54) is 5.56 Å². The molecular formula is C17H30N2O. The Kier molecular flexibility index (Phi) is 7.63. The lowest BCUT2D eigenvalue weighted by Gasteiger charge is -2.20. The van der Waals surface area contributed by atoms with Gasteiger partial charge in [-0.1, -0.05) is 26.0 Å². The molecule has 0 fully saturated rings. The average molecular weight is 278 g/mol. The second kappa shape index (κ2) is 8.98. The zero-order chi connectivity index (χ0) is 15.0. The Hall–Kier alpha value is -1.06.